The van der Waals surface area contributed by atoms with Gasteiger partial charge >= 0.3 is 0 Å². The second kappa shape index (κ2) is 9.37. The Morgan fingerprint density at radius 2 is 1.81 bits per heavy atom. The van der Waals surface area contributed by atoms with Gasteiger partial charge in [-0.25, -0.2) is 0 Å². The number of carbonyl (C=O) groups is 1. The smallest absolute Gasteiger partial charge is 0.286 e. The van der Waals surface area contributed by atoms with Crippen molar-refractivity contribution < 1.29 is 9.53 Å². The Morgan fingerprint density at radius 1 is 1.10 bits per heavy atom. The van der Waals surface area contributed by atoms with Gasteiger partial charge in [0, 0.05) is 42.5 Å². The molecule has 0 bridgehead atoms. The van der Waals surface area contributed by atoms with Crippen molar-refractivity contribution in [2.24, 2.45) is 4.99 Å². The van der Waals surface area contributed by atoms with Crippen LogP contribution in [0.3, 0.4) is 0 Å². The third kappa shape index (κ3) is 5.08. The highest BCUT2D eigenvalue weighted by atomic mass is 35.5. The van der Waals surface area contributed by atoms with E-state index in [0.29, 0.717) is 4.91 Å². The lowest BCUT2D eigenvalue weighted by atomic mass is 10.2. The predicted octanol–water partition coefficient (Wildman–Crippen LogP) is 5.23. The molecule has 2 aliphatic rings. The van der Waals surface area contributed by atoms with E-state index in [-0.39, 0.29) is 12.0 Å². The summed E-state index contributed by atoms with van der Waals surface area (Å²) in [6.45, 7) is 9.33. The average molecular weight is 456 g/mol. The van der Waals surface area contributed by atoms with Crippen molar-refractivity contribution in [3.63, 3.8) is 0 Å². The Kier molecular flexibility index (Phi) is 6.58. The molecule has 4 rings (SSSR count). The molecule has 0 radical (unpaired) electrons. The highest BCUT2D eigenvalue weighted by molar-refractivity contribution is 8.18. The van der Waals surface area contributed by atoms with Gasteiger partial charge in [0.1, 0.15) is 5.75 Å². The maximum absolute atomic E-state index is 12.6. The first-order valence-corrected chi connectivity index (χ1v) is 11.6. The lowest BCUT2D eigenvalue weighted by Crippen LogP contribution is -2.47. The molecule has 0 atom stereocenters. The summed E-state index contributed by atoms with van der Waals surface area (Å²) >= 11 is 7.73. The number of ether oxygens (including phenoxy) is 1. The van der Waals surface area contributed by atoms with Crippen LogP contribution in [0.2, 0.25) is 5.02 Å². The normalized spacial score (nSPS) is 18.2. The molecule has 0 saturated carbocycles. The average Bonchev–Trinajstić information content (AvgIpc) is 3.11. The molecule has 1 amide bonds. The van der Waals surface area contributed by atoms with E-state index in [1.54, 1.807) is 0 Å². The van der Waals surface area contributed by atoms with Gasteiger partial charge in [0.25, 0.3) is 5.91 Å². The molecule has 5 nitrogen and oxygen atoms in total. The Labute approximate surface area is 192 Å². The molecule has 1 saturated heterocycles. The number of aliphatic imine (C=N–C) groups is 1. The molecule has 2 aromatic carbocycles. The fourth-order valence-electron chi connectivity index (χ4n) is 3.57. The number of thioether (sulfide) groups is 1. The maximum atomic E-state index is 12.6. The largest absolute Gasteiger partial charge is 0.490 e. The van der Waals surface area contributed by atoms with Crippen LogP contribution in [0.5, 0.6) is 5.75 Å². The van der Waals surface area contributed by atoms with Gasteiger partial charge in [-0.05, 0) is 62.4 Å². The number of carbonyl (C=O) groups excluding carboxylic acids is 1. The monoisotopic (exact) mass is 455 g/mol. The molecule has 0 N–H and O–H groups in total. The standard InChI is InChI=1S/C24H26ClN3O2S/c1-16(2)30-21-7-5-4-6-18(21)14-22-23(29)26-24(31-22)28-12-10-27(11-13-28)19-9-8-17(3)20(25)15-19/h4-9,14-16H,10-13H2,1-3H3/b22-14+. The summed E-state index contributed by atoms with van der Waals surface area (Å²) in [5.74, 6) is 0.587. The second-order valence-electron chi connectivity index (χ2n) is 7.92. The topological polar surface area (TPSA) is 45.1 Å². The van der Waals surface area contributed by atoms with Crippen LogP contribution in [0.1, 0.15) is 25.0 Å². The van der Waals surface area contributed by atoms with Crippen LogP contribution in [-0.2, 0) is 4.79 Å². The van der Waals surface area contributed by atoms with Crippen LogP contribution >= 0.6 is 23.4 Å². The summed E-state index contributed by atoms with van der Waals surface area (Å²) in [5, 5.41) is 1.57. The fourth-order valence-corrected chi connectivity index (χ4v) is 4.70. The van der Waals surface area contributed by atoms with Crippen LogP contribution in [0.4, 0.5) is 5.69 Å². The zero-order valence-electron chi connectivity index (χ0n) is 18.0. The quantitative estimate of drug-likeness (QED) is 0.591. The number of halogens is 1. The lowest BCUT2D eigenvalue weighted by molar-refractivity contribution is -0.113. The third-order valence-electron chi connectivity index (χ3n) is 5.25. The van der Waals surface area contributed by atoms with Crippen molar-refractivity contribution in [2.45, 2.75) is 26.9 Å². The number of aryl methyl sites for hydroxylation is 1. The van der Waals surface area contributed by atoms with E-state index in [2.05, 4.69) is 26.9 Å². The molecule has 1 fully saturated rings. The summed E-state index contributed by atoms with van der Waals surface area (Å²) in [4.78, 5) is 22.0. The van der Waals surface area contributed by atoms with Gasteiger partial charge in [-0.1, -0.05) is 35.9 Å². The highest BCUT2D eigenvalue weighted by Gasteiger charge is 2.29. The first kappa shape index (κ1) is 21.8. The Bertz CT molecular complexity index is 1040. The van der Waals surface area contributed by atoms with Crippen molar-refractivity contribution in [2.75, 3.05) is 31.1 Å². The summed E-state index contributed by atoms with van der Waals surface area (Å²) in [6.07, 6.45) is 1.95. The Balaban J connectivity index is 1.42. The zero-order valence-corrected chi connectivity index (χ0v) is 19.5. The zero-order chi connectivity index (χ0) is 22.0. The van der Waals surface area contributed by atoms with Crippen LogP contribution in [0, 0.1) is 6.92 Å². The molecule has 2 heterocycles. The maximum Gasteiger partial charge on any atom is 0.286 e. The minimum Gasteiger partial charge on any atom is -0.490 e. The molecule has 2 aliphatic heterocycles. The van der Waals surface area contributed by atoms with Gasteiger partial charge in [0.05, 0.1) is 11.0 Å². The minimum atomic E-state index is -0.188. The van der Waals surface area contributed by atoms with E-state index in [1.807, 2.05) is 57.2 Å². The number of nitrogens with zero attached hydrogens (tertiary/aromatic N) is 3. The van der Waals surface area contributed by atoms with E-state index in [9.17, 15) is 4.79 Å². The van der Waals surface area contributed by atoms with Crippen LogP contribution in [-0.4, -0.2) is 48.3 Å². The van der Waals surface area contributed by atoms with E-state index >= 15 is 0 Å². The number of amides is 1. The third-order valence-corrected chi connectivity index (χ3v) is 6.70. The Hall–Kier alpha value is -2.44. The summed E-state index contributed by atoms with van der Waals surface area (Å²) in [6, 6.07) is 14.0. The molecule has 2 aromatic rings. The van der Waals surface area contributed by atoms with Crippen LogP contribution < -0.4 is 9.64 Å². The van der Waals surface area contributed by atoms with E-state index in [1.165, 1.54) is 11.8 Å². The highest BCUT2D eigenvalue weighted by Crippen LogP contribution is 2.33. The molecule has 0 aromatic heterocycles. The fraction of sp³-hybridized carbons (Fsp3) is 0.333. The van der Waals surface area contributed by atoms with Crippen molar-refractivity contribution >= 4 is 46.2 Å². The molecule has 162 valence electrons. The number of anilines is 1. The number of piperazine rings is 1. The first-order chi connectivity index (χ1) is 14.9. The molecular weight excluding hydrogens is 430 g/mol. The van der Waals surface area contributed by atoms with Gasteiger partial charge in [0.15, 0.2) is 5.17 Å². The van der Waals surface area contributed by atoms with E-state index in [4.69, 9.17) is 16.3 Å². The van der Waals surface area contributed by atoms with E-state index < -0.39 is 0 Å². The number of para-hydroxylation sites is 1. The van der Waals surface area contributed by atoms with Crippen molar-refractivity contribution in [3.8, 4) is 5.75 Å². The number of amidine groups is 1. The van der Waals surface area contributed by atoms with Gasteiger partial charge in [-0.15, -0.1) is 0 Å². The number of hydrogen-bond acceptors (Lipinski definition) is 5. The molecule has 0 aliphatic carbocycles. The summed E-state index contributed by atoms with van der Waals surface area (Å²) < 4.78 is 5.88. The molecule has 7 heteroatoms. The summed E-state index contributed by atoms with van der Waals surface area (Å²) in [5.41, 5.74) is 3.11. The van der Waals surface area contributed by atoms with E-state index in [0.717, 1.165) is 58.9 Å². The molecule has 31 heavy (non-hydrogen) atoms. The lowest BCUT2D eigenvalue weighted by Gasteiger charge is -2.36. The molecule has 0 spiro atoms. The SMILES string of the molecule is Cc1ccc(N2CCN(C3=NC(=O)/C(=C\c4ccccc4OC(C)C)S3)CC2)cc1Cl. The van der Waals surface area contributed by atoms with Gasteiger partial charge in [0.2, 0.25) is 0 Å². The molecule has 0 unspecified atom stereocenters. The number of benzene rings is 2. The van der Waals surface area contributed by atoms with Gasteiger partial charge < -0.3 is 14.5 Å². The van der Waals surface area contributed by atoms with Crippen LogP contribution in [0.15, 0.2) is 52.4 Å². The van der Waals surface area contributed by atoms with Gasteiger partial charge in [-0.3, -0.25) is 4.79 Å². The first-order valence-electron chi connectivity index (χ1n) is 10.4. The number of rotatable bonds is 4. The predicted molar refractivity (Wildman–Crippen MR) is 130 cm³/mol. The van der Waals surface area contributed by atoms with Crippen molar-refractivity contribution in [1.29, 1.82) is 0 Å². The second-order valence-corrected chi connectivity index (χ2v) is 9.34. The summed E-state index contributed by atoms with van der Waals surface area (Å²) in [7, 11) is 0. The van der Waals surface area contributed by atoms with Gasteiger partial charge in [-0.2, -0.15) is 4.99 Å². The number of hydrogen-bond donors (Lipinski definition) is 0. The minimum absolute atomic E-state index is 0.0676. The van der Waals surface area contributed by atoms with Crippen molar-refractivity contribution in [3.05, 3.63) is 63.5 Å². The molecular formula is C24H26ClN3O2S. The Morgan fingerprint density at radius 3 is 2.52 bits per heavy atom. The van der Waals surface area contributed by atoms with Crippen molar-refractivity contribution in [1.82, 2.24) is 4.90 Å². The van der Waals surface area contributed by atoms with Crippen LogP contribution in [0.25, 0.3) is 6.08 Å².